The lowest BCUT2D eigenvalue weighted by Gasteiger charge is -2.30. The number of primary amides is 1. The molecule has 0 fully saturated rings. The molecular formula is C30H53N3O6. The molecule has 39 heavy (non-hydrogen) atoms. The van der Waals surface area contributed by atoms with Crippen molar-refractivity contribution in [3.05, 3.63) is 23.8 Å². The molecule has 1 aromatic carbocycles. The predicted molar refractivity (Wildman–Crippen MR) is 155 cm³/mol. The van der Waals surface area contributed by atoms with Crippen LogP contribution < -0.4 is 26.3 Å². The largest absolute Gasteiger partial charge is 0.493 e. The number of aliphatic hydroxyl groups excluding tert-OH is 1. The van der Waals surface area contributed by atoms with E-state index in [9.17, 15) is 14.7 Å². The molecule has 0 spiro atoms. The molecule has 0 aromatic heterocycles. The zero-order valence-corrected chi connectivity index (χ0v) is 25.3. The van der Waals surface area contributed by atoms with Gasteiger partial charge in [0.15, 0.2) is 11.5 Å². The highest BCUT2D eigenvalue weighted by molar-refractivity contribution is 5.83. The number of aliphatic hydroxyl groups is 1. The van der Waals surface area contributed by atoms with E-state index in [-0.39, 0.29) is 30.7 Å². The van der Waals surface area contributed by atoms with E-state index >= 15 is 0 Å². The second-order valence-electron chi connectivity index (χ2n) is 11.9. The highest BCUT2D eigenvalue weighted by Crippen LogP contribution is 2.32. The first-order valence-electron chi connectivity index (χ1n) is 14.0. The number of hydrogen-bond acceptors (Lipinski definition) is 7. The monoisotopic (exact) mass is 555 g/mol. The first-order chi connectivity index (χ1) is 18.2. The predicted octanol–water partition coefficient (Wildman–Crippen LogP) is 3.29. The quantitative estimate of drug-likeness (QED) is 0.192. The maximum Gasteiger partial charge on any atom is 0.224 e. The lowest BCUT2D eigenvalue weighted by Crippen LogP contribution is -2.46. The number of methoxy groups -OCH3 is 2. The Kier molecular flexibility index (Phi) is 14.8. The van der Waals surface area contributed by atoms with Crippen LogP contribution in [0.4, 0.5) is 0 Å². The van der Waals surface area contributed by atoms with Crippen molar-refractivity contribution in [2.24, 2.45) is 40.6 Å². The minimum absolute atomic E-state index is 0.00829. The SMILES string of the molecule is COCCCOc1cc(C[C@@H](C[C@H](N)[C@@H](O)C[C@H](C(=O)NCC([14CH3])([14CH3])C(N)=O)C(C)C)C(C)C)ccc1OC. The molecule has 0 aliphatic carbocycles. The van der Waals surface area contributed by atoms with E-state index in [2.05, 4.69) is 19.2 Å². The summed E-state index contributed by atoms with van der Waals surface area (Å²) in [4.78, 5) is 24.5. The molecule has 0 aliphatic rings. The van der Waals surface area contributed by atoms with Gasteiger partial charge in [-0.15, -0.1) is 0 Å². The Hall–Kier alpha value is -2.36. The number of ether oxygens (including phenoxy) is 3. The summed E-state index contributed by atoms with van der Waals surface area (Å²) in [5.74, 6) is 0.792. The zero-order chi connectivity index (χ0) is 29.8. The van der Waals surface area contributed by atoms with Crippen LogP contribution in [-0.2, 0) is 20.7 Å². The summed E-state index contributed by atoms with van der Waals surface area (Å²) in [5.41, 5.74) is 12.2. The minimum Gasteiger partial charge on any atom is -0.493 e. The molecule has 224 valence electrons. The van der Waals surface area contributed by atoms with Crippen LogP contribution in [-0.4, -0.2) is 63.0 Å². The number of rotatable bonds is 19. The molecule has 0 radical (unpaired) electrons. The van der Waals surface area contributed by atoms with Gasteiger partial charge < -0.3 is 36.1 Å². The van der Waals surface area contributed by atoms with Gasteiger partial charge in [-0.1, -0.05) is 33.8 Å². The Bertz CT molecular complexity index is 889. The number of benzene rings is 1. The molecular weight excluding hydrogens is 502 g/mol. The molecule has 2 amide bonds. The summed E-state index contributed by atoms with van der Waals surface area (Å²) in [5, 5.41) is 13.9. The summed E-state index contributed by atoms with van der Waals surface area (Å²) in [6.07, 6.45) is 1.56. The number of nitrogens with two attached hydrogens (primary N) is 2. The van der Waals surface area contributed by atoms with E-state index in [1.54, 1.807) is 28.1 Å². The average Bonchev–Trinajstić information content (AvgIpc) is 2.87. The number of nitrogens with one attached hydrogen (secondary N) is 1. The molecule has 0 heterocycles. The summed E-state index contributed by atoms with van der Waals surface area (Å²) in [7, 11) is 3.29. The van der Waals surface area contributed by atoms with Crippen LogP contribution >= 0.6 is 0 Å². The van der Waals surface area contributed by atoms with Gasteiger partial charge in [0.1, 0.15) is 0 Å². The average molecular weight is 556 g/mol. The summed E-state index contributed by atoms with van der Waals surface area (Å²) in [6.45, 7) is 12.9. The van der Waals surface area contributed by atoms with Crippen LogP contribution in [0.3, 0.4) is 0 Å². The molecule has 0 saturated heterocycles. The molecule has 6 N–H and O–H groups in total. The van der Waals surface area contributed by atoms with Gasteiger partial charge >= 0.3 is 0 Å². The minimum atomic E-state index is -0.854. The van der Waals surface area contributed by atoms with E-state index in [0.29, 0.717) is 37.1 Å². The van der Waals surface area contributed by atoms with Crippen molar-refractivity contribution in [1.82, 2.24) is 5.32 Å². The van der Waals surface area contributed by atoms with Crippen LogP contribution in [0, 0.1) is 29.1 Å². The Morgan fingerprint density at radius 1 is 1.05 bits per heavy atom. The topological polar surface area (TPSA) is 146 Å². The molecule has 0 unspecified atom stereocenters. The fourth-order valence-corrected chi connectivity index (χ4v) is 4.39. The van der Waals surface area contributed by atoms with Crippen molar-refractivity contribution in [3.8, 4) is 11.5 Å². The van der Waals surface area contributed by atoms with Crippen molar-refractivity contribution < 1.29 is 28.9 Å². The highest BCUT2D eigenvalue weighted by atomic mass is 16.5. The number of hydrogen-bond donors (Lipinski definition) is 4. The van der Waals surface area contributed by atoms with Crippen molar-refractivity contribution in [3.63, 3.8) is 0 Å². The Morgan fingerprint density at radius 3 is 2.26 bits per heavy atom. The Morgan fingerprint density at radius 2 is 1.72 bits per heavy atom. The third-order valence-electron chi connectivity index (χ3n) is 7.50. The van der Waals surface area contributed by atoms with Gasteiger partial charge in [0, 0.05) is 38.6 Å². The van der Waals surface area contributed by atoms with Crippen molar-refractivity contribution in [1.29, 1.82) is 0 Å². The van der Waals surface area contributed by atoms with Crippen LogP contribution in [0.15, 0.2) is 18.2 Å². The molecule has 9 heteroatoms. The maximum atomic E-state index is 12.9. The third-order valence-corrected chi connectivity index (χ3v) is 7.50. The summed E-state index contributed by atoms with van der Waals surface area (Å²) >= 11 is 0. The standard InChI is InChI=1S/C30H53N3O6/c1-19(2)22(14-21-10-11-26(38-8)27(15-21)39-13-9-12-37-7)16-24(31)25(34)17-23(20(3)4)28(35)33-18-30(5,6)29(32)36/h10-11,15,19-20,22-25,34H,9,12-14,16-18,31H2,1-8H3,(H2,32,36)(H,33,35)/t22-,23-,24-,25-/m0/s1/i5+2,6+2. The molecule has 1 aromatic rings. The van der Waals surface area contributed by atoms with E-state index in [4.69, 9.17) is 25.7 Å². The smallest absolute Gasteiger partial charge is 0.224 e. The molecule has 0 saturated carbocycles. The molecule has 0 bridgehead atoms. The normalized spacial score (nSPS) is 15.1. The van der Waals surface area contributed by atoms with Gasteiger partial charge in [0.2, 0.25) is 11.8 Å². The second-order valence-corrected chi connectivity index (χ2v) is 11.9. The lowest BCUT2D eigenvalue weighted by molar-refractivity contribution is -0.130. The fourth-order valence-electron chi connectivity index (χ4n) is 4.39. The maximum absolute atomic E-state index is 12.9. The third kappa shape index (κ3) is 11.7. The number of carbonyl (C=O) groups is 2. The van der Waals surface area contributed by atoms with Gasteiger partial charge in [-0.2, -0.15) is 0 Å². The van der Waals surface area contributed by atoms with Crippen molar-refractivity contribution in [2.75, 3.05) is 34.0 Å². The number of amides is 2. The van der Waals surface area contributed by atoms with Crippen LogP contribution in [0.2, 0.25) is 0 Å². The van der Waals surface area contributed by atoms with Crippen LogP contribution in [0.25, 0.3) is 0 Å². The van der Waals surface area contributed by atoms with E-state index in [0.717, 1.165) is 18.4 Å². The second kappa shape index (κ2) is 16.7. The summed E-state index contributed by atoms with van der Waals surface area (Å²) < 4.78 is 16.5. The fraction of sp³-hybridized carbons (Fsp3) is 0.733. The van der Waals surface area contributed by atoms with E-state index in [1.165, 1.54) is 0 Å². The van der Waals surface area contributed by atoms with Gasteiger partial charge in [-0.3, -0.25) is 9.59 Å². The van der Waals surface area contributed by atoms with Crippen molar-refractivity contribution >= 4 is 11.8 Å². The lowest BCUT2D eigenvalue weighted by atomic mass is 9.80. The van der Waals surface area contributed by atoms with Gasteiger partial charge in [0.05, 0.1) is 25.2 Å². The highest BCUT2D eigenvalue weighted by Gasteiger charge is 2.32. The van der Waals surface area contributed by atoms with Crippen LogP contribution in [0.1, 0.15) is 66.4 Å². The molecule has 9 nitrogen and oxygen atoms in total. The first kappa shape index (κ1) is 34.7. The van der Waals surface area contributed by atoms with Crippen molar-refractivity contribution in [2.45, 2.75) is 79.4 Å². The summed E-state index contributed by atoms with van der Waals surface area (Å²) in [6, 6.07) is 5.47. The zero-order valence-electron chi connectivity index (χ0n) is 25.3. The van der Waals surface area contributed by atoms with Gasteiger partial charge in [-0.05, 0) is 68.6 Å². The molecule has 1 rings (SSSR count). The van der Waals surface area contributed by atoms with Crippen LogP contribution in [0.5, 0.6) is 11.5 Å². The van der Waals surface area contributed by atoms with Gasteiger partial charge in [0.25, 0.3) is 0 Å². The number of carbonyl (C=O) groups excluding carboxylic acids is 2. The first-order valence-corrected chi connectivity index (χ1v) is 14.0. The Labute approximate surface area is 235 Å². The Balaban J connectivity index is 2.87. The van der Waals surface area contributed by atoms with Gasteiger partial charge in [-0.25, -0.2) is 0 Å². The van der Waals surface area contributed by atoms with E-state index in [1.807, 2.05) is 32.0 Å². The van der Waals surface area contributed by atoms with E-state index < -0.39 is 29.4 Å². The molecule has 0 aliphatic heterocycles. The molecule has 4 atom stereocenters.